The summed E-state index contributed by atoms with van der Waals surface area (Å²) < 4.78 is 39.4. The number of nitrogen functional groups attached to an aromatic ring is 1. The lowest BCUT2D eigenvalue weighted by Gasteiger charge is -2.47. The molecule has 0 radical (unpaired) electrons. The second-order valence-electron chi connectivity index (χ2n) is 20.0. The number of benzene rings is 2. The Bertz CT molecular complexity index is 3000. The number of piperidine rings is 2. The van der Waals surface area contributed by atoms with Crippen LogP contribution >= 0.6 is 0 Å². The average Bonchev–Trinajstić information content (AvgIpc) is 4.10. The molecule has 0 bridgehead atoms. The molecule has 2 aromatic carbocycles. The molecular weight excluding hydrogens is 970 g/mol. The second-order valence-corrected chi connectivity index (χ2v) is 20.0. The molecule has 0 aliphatic carbocycles. The van der Waals surface area contributed by atoms with E-state index >= 15 is 0 Å². The minimum atomic E-state index is -4.57. The fourth-order valence-corrected chi connectivity index (χ4v) is 10.7. The third kappa shape index (κ3) is 12.0. The van der Waals surface area contributed by atoms with E-state index in [4.69, 9.17) is 5.73 Å². The van der Waals surface area contributed by atoms with Crippen molar-refractivity contribution in [3.63, 3.8) is 0 Å². The van der Waals surface area contributed by atoms with Gasteiger partial charge < -0.3 is 26.2 Å². The molecule has 1 unspecified atom stereocenters. The Labute approximate surface area is 431 Å². The predicted molar refractivity (Wildman–Crippen MR) is 276 cm³/mol. The number of amides is 7. The van der Waals surface area contributed by atoms with Crippen LogP contribution in [0.3, 0.4) is 0 Å². The molecule has 5 aromatic rings. The summed E-state index contributed by atoms with van der Waals surface area (Å²) in [4.78, 5) is 93.3. The van der Waals surface area contributed by atoms with Crippen LogP contribution in [0.5, 0.6) is 0 Å². The third-order valence-corrected chi connectivity index (χ3v) is 15.1. The van der Waals surface area contributed by atoms with Crippen LogP contribution in [0.1, 0.15) is 108 Å². The normalized spacial score (nSPS) is 18.2. The Morgan fingerprint density at radius 1 is 0.893 bits per heavy atom. The minimum absolute atomic E-state index is 0.0166. The Balaban J connectivity index is 0.676. The number of nitrogens with one attached hydrogen (secondary N) is 4. The Morgan fingerprint density at radius 3 is 2.39 bits per heavy atom. The molecule has 21 heteroatoms. The number of H-pyrrole nitrogens is 1. The molecular formula is C54H61F3N12O6. The second kappa shape index (κ2) is 22.4. The van der Waals surface area contributed by atoms with E-state index in [-0.39, 0.29) is 65.8 Å². The zero-order valence-corrected chi connectivity index (χ0v) is 41.8. The molecule has 75 heavy (non-hydrogen) atoms. The first kappa shape index (κ1) is 52.2. The van der Waals surface area contributed by atoms with E-state index in [0.717, 1.165) is 100 Å². The van der Waals surface area contributed by atoms with E-state index in [0.29, 0.717) is 66.0 Å². The van der Waals surface area contributed by atoms with E-state index < -0.39 is 29.7 Å². The van der Waals surface area contributed by atoms with Crippen molar-refractivity contribution in [2.24, 2.45) is 5.41 Å². The van der Waals surface area contributed by atoms with Gasteiger partial charge in [0.05, 0.1) is 23.2 Å². The number of imide groups is 1. The first-order valence-electron chi connectivity index (χ1n) is 25.6. The number of hydrogen-bond acceptors (Lipinski definition) is 11. The molecule has 0 saturated carbocycles. The summed E-state index contributed by atoms with van der Waals surface area (Å²) >= 11 is 0. The number of unbranched alkanes of at least 4 members (excludes halogenated alkanes) is 3. The van der Waals surface area contributed by atoms with Crippen molar-refractivity contribution in [3.05, 3.63) is 101 Å². The number of pyridine rings is 2. The summed E-state index contributed by atoms with van der Waals surface area (Å²) in [5.74, 6) is -1.08. The molecule has 1 atom stereocenters. The number of hydrogen-bond donors (Lipinski definition) is 5. The Hall–Kier alpha value is -7.68. The molecule has 394 valence electrons. The summed E-state index contributed by atoms with van der Waals surface area (Å²) in [6.45, 7) is 6.35. The third-order valence-electron chi connectivity index (χ3n) is 15.1. The van der Waals surface area contributed by atoms with Gasteiger partial charge in [-0.25, -0.2) is 14.8 Å². The number of alkyl halides is 3. The van der Waals surface area contributed by atoms with Gasteiger partial charge in [0.25, 0.3) is 11.8 Å². The van der Waals surface area contributed by atoms with Gasteiger partial charge in [-0.15, -0.1) is 0 Å². The van der Waals surface area contributed by atoms with Crippen LogP contribution in [-0.2, 0) is 20.6 Å². The molecule has 4 aliphatic heterocycles. The van der Waals surface area contributed by atoms with Crippen molar-refractivity contribution in [1.82, 2.24) is 45.5 Å². The predicted octanol–water partition coefficient (Wildman–Crippen LogP) is 7.33. The van der Waals surface area contributed by atoms with Gasteiger partial charge in [-0.3, -0.25) is 44.2 Å². The van der Waals surface area contributed by atoms with E-state index in [1.165, 1.54) is 17.0 Å². The zero-order valence-electron chi connectivity index (χ0n) is 41.8. The monoisotopic (exact) mass is 1030 g/mol. The van der Waals surface area contributed by atoms with Crippen LogP contribution in [0, 0.1) is 12.3 Å². The average molecular weight is 1030 g/mol. The van der Waals surface area contributed by atoms with Gasteiger partial charge in [0, 0.05) is 79.5 Å². The number of carbonyl (C=O) groups excluding carboxylic acids is 6. The number of nitrogens with zero attached hydrogens (tertiary/aromatic N) is 7. The van der Waals surface area contributed by atoms with E-state index in [9.17, 15) is 41.9 Å². The number of fused-ring (bicyclic) bond motifs is 1. The summed E-state index contributed by atoms with van der Waals surface area (Å²) in [5, 5.41) is 16.0. The molecule has 4 saturated heterocycles. The lowest BCUT2D eigenvalue weighted by Crippen LogP contribution is -2.52. The first-order chi connectivity index (χ1) is 36.1. The van der Waals surface area contributed by atoms with Crippen molar-refractivity contribution >= 4 is 69.9 Å². The van der Waals surface area contributed by atoms with Crippen molar-refractivity contribution < 1.29 is 41.9 Å². The van der Waals surface area contributed by atoms with Crippen LogP contribution in [0.4, 0.5) is 35.3 Å². The van der Waals surface area contributed by atoms with Gasteiger partial charge in [0.2, 0.25) is 17.7 Å². The zero-order chi connectivity index (χ0) is 52.9. The first-order valence-corrected chi connectivity index (χ1v) is 25.6. The number of anilines is 3. The van der Waals surface area contributed by atoms with Gasteiger partial charge >= 0.3 is 12.2 Å². The van der Waals surface area contributed by atoms with Gasteiger partial charge in [-0.1, -0.05) is 36.8 Å². The number of urea groups is 1. The number of nitrogens with two attached hydrogens (primary N) is 1. The number of rotatable bonds is 15. The molecule has 7 amide bonds. The topological polar surface area (TPSA) is 232 Å². The summed E-state index contributed by atoms with van der Waals surface area (Å²) in [6.07, 6.45) is 10.6. The smallest absolute Gasteiger partial charge is 0.383 e. The fourth-order valence-electron chi connectivity index (χ4n) is 10.7. The number of aromatic nitrogens is 4. The largest absolute Gasteiger partial charge is 0.416 e. The maximum atomic E-state index is 13.7. The van der Waals surface area contributed by atoms with E-state index in [2.05, 4.69) is 41.0 Å². The summed E-state index contributed by atoms with van der Waals surface area (Å²) in [7, 11) is 0. The number of likely N-dealkylation sites (tertiary alicyclic amines) is 3. The molecule has 9 rings (SSSR count). The molecule has 4 aliphatic rings. The Kier molecular flexibility index (Phi) is 15.6. The number of halogens is 3. The highest BCUT2D eigenvalue weighted by Crippen LogP contribution is 2.42. The van der Waals surface area contributed by atoms with Gasteiger partial charge in [-0.2, -0.15) is 18.3 Å². The van der Waals surface area contributed by atoms with Gasteiger partial charge in [0.1, 0.15) is 23.2 Å². The van der Waals surface area contributed by atoms with Crippen LogP contribution in [0.25, 0.3) is 28.2 Å². The number of aromatic amines is 1. The summed E-state index contributed by atoms with van der Waals surface area (Å²) in [5.41, 5.74) is 10.3. The van der Waals surface area contributed by atoms with Crippen molar-refractivity contribution in [2.45, 2.75) is 89.8 Å². The molecule has 7 heterocycles. The quantitative estimate of drug-likeness (QED) is 0.0652. The SMILES string of the molecule is Cc1ccc(C(=O)N2CCC3(CCN(CC(=O)N4CCCC4C(=O)NCCCCC/C=C/c4cnc(N)c5c(-c6ccc(C(=O)Nc7cc(C(F)(F)F)ccn7)cc6)[nH]nc45)CC3)CC2)cc1N1CCC(=O)NC1=O. The van der Waals surface area contributed by atoms with Crippen LogP contribution in [-0.4, -0.2) is 129 Å². The highest BCUT2D eigenvalue weighted by Gasteiger charge is 2.41. The standard InChI is InChI=1S/C54H61F3N12O6/c1-34-10-11-37(30-41(34)69-25-17-43(70)63-52(69)75)51(74)67-28-20-53(21-29-67)18-26-66(27-19-53)33-44(71)68-24-7-9-40(68)50(73)60-22-6-4-2-3-5-8-38-32-61-48(58)45-46(64-65-47(38)45)35-12-14-36(15-13-35)49(72)62-42-31-39(16-23-59-42)54(55,56)57/h5,8,10-16,23,30-32,40H,2-4,6-7,9,17-22,24-29,33H2,1H3,(H2,58,61)(H,60,73)(H,64,65)(H,59,62,72)(H,63,70,75)/b8-5+. The van der Waals surface area contributed by atoms with E-state index in [1.807, 2.05) is 30.0 Å². The van der Waals surface area contributed by atoms with Crippen LogP contribution < -0.4 is 26.6 Å². The Morgan fingerprint density at radius 2 is 1.64 bits per heavy atom. The number of carbonyl (C=O) groups is 6. The van der Waals surface area contributed by atoms with Crippen LogP contribution in [0.2, 0.25) is 0 Å². The molecule has 6 N–H and O–H groups in total. The highest BCUT2D eigenvalue weighted by molar-refractivity contribution is 6.07. The van der Waals surface area contributed by atoms with Crippen molar-refractivity contribution in [2.75, 3.05) is 68.3 Å². The lowest BCUT2D eigenvalue weighted by atomic mass is 9.71. The van der Waals surface area contributed by atoms with Crippen molar-refractivity contribution in [1.29, 1.82) is 0 Å². The molecule has 4 fully saturated rings. The lowest BCUT2D eigenvalue weighted by molar-refractivity contribution is -0.139. The highest BCUT2D eigenvalue weighted by atomic mass is 19.4. The number of aryl methyl sites for hydroxylation is 1. The minimum Gasteiger partial charge on any atom is -0.383 e. The molecule has 3 aromatic heterocycles. The van der Waals surface area contributed by atoms with Gasteiger partial charge in [-0.05, 0) is 125 Å². The molecule has 1 spiro atoms. The van der Waals surface area contributed by atoms with Gasteiger partial charge in [0.15, 0.2) is 0 Å². The maximum Gasteiger partial charge on any atom is 0.416 e. The van der Waals surface area contributed by atoms with Crippen LogP contribution in [0.15, 0.2) is 73.1 Å². The number of allylic oxidation sites excluding steroid dienone is 1. The summed E-state index contributed by atoms with van der Waals surface area (Å²) in [6, 6.07) is 12.5. The van der Waals surface area contributed by atoms with E-state index in [1.54, 1.807) is 35.4 Å². The molecule has 18 nitrogen and oxygen atoms in total. The maximum absolute atomic E-state index is 13.7. The van der Waals surface area contributed by atoms with Crippen molar-refractivity contribution in [3.8, 4) is 11.3 Å². The fraction of sp³-hybridized carbons (Fsp3) is 0.426.